The number of benzene rings is 2. The molecule has 0 aliphatic carbocycles. The number of hydrogen-bond acceptors (Lipinski definition) is 3. The number of likely N-dealkylation sites (tertiary alicyclic amines) is 1. The highest BCUT2D eigenvalue weighted by Gasteiger charge is 2.26. The Morgan fingerprint density at radius 1 is 1.04 bits per heavy atom. The van der Waals surface area contributed by atoms with E-state index in [-0.39, 0.29) is 17.8 Å². The van der Waals surface area contributed by atoms with E-state index in [1.165, 1.54) is 12.1 Å². The zero-order valence-corrected chi connectivity index (χ0v) is 15.5. The Labute approximate surface area is 161 Å². The molecule has 1 aliphatic rings. The largest absolute Gasteiger partial charge is 0.481 e. The van der Waals surface area contributed by atoms with Crippen LogP contribution in [0.1, 0.15) is 18.4 Å². The molecule has 2 N–H and O–H groups in total. The number of nitrogens with one attached hydrogen (secondary N) is 1. The molecule has 0 spiro atoms. The molecule has 0 aromatic heterocycles. The van der Waals surface area contributed by atoms with Gasteiger partial charge in [0, 0.05) is 29.4 Å². The highest BCUT2D eigenvalue weighted by molar-refractivity contribution is 7.99. The van der Waals surface area contributed by atoms with Gasteiger partial charge in [-0.3, -0.25) is 4.79 Å². The van der Waals surface area contributed by atoms with Crippen molar-refractivity contribution in [1.29, 1.82) is 0 Å². The Morgan fingerprint density at radius 3 is 2.15 bits per heavy atom. The number of carboxylic acids is 1. The van der Waals surface area contributed by atoms with Gasteiger partial charge in [0.15, 0.2) is 0 Å². The van der Waals surface area contributed by atoms with E-state index in [4.69, 9.17) is 5.11 Å². The molecule has 1 saturated heterocycles. The third kappa shape index (κ3) is 5.47. The van der Waals surface area contributed by atoms with Gasteiger partial charge in [-0.15, -0.1) is 0 Å². The first-order valence-corrected chi connectivity index (χ1v) is 9.61. The van der Waals surface area contributed by atoms with Gasteiger partial charge in [0.25, 0.3) is 0 Å². The van der Waals surface area contributed by atoms with Gasteiger partial charge >= 0.3 is 12.0 Å². The average molecular weight is 388 g/mol. The van der Waals surface area contributed by atoms with Gasteiger partial charge < -0.3 is 15.3 Å². The van der Waals surface area contributed by atoms with Crippen LogP contribution in [0.25, 0.3) is 0 Å². The molecule has 0 bridgehead atoms. The predicted molar refractivity (Wildman–Crippen MR) is 101 cm³/mol. The van der Waals surface area contributed by atoms with Crippen LogP contribution in [0.3, 0.4) is 0 Å². The van der Waals surface area contributed by atoms with Crippen molar-refractivity contribution in [2.45, 2.75) is 29.2 Å². The van der Waals surface area contributed by atoms with Crippen molar-refractivity contribution in [1.82, 2.24) is 10.2 Å². The second-order valence-electron chi connectivity index (χ2n) is 6.46. The van der Waals surface area contributed by atoms with Crippen LogP contribution in [-0.4, -0.2) is 35.1 Å². The van der Waals surface area contributed by atoms with Crippen molar-refractivity contribution in [2.24, 2.45) is 5.92 Å². The number of carboxylic acid groups (broad SMARTS) is 1. The maximum absolute atomic E-state index is 12.9. The lowest BCUT2D eigenvalue weighted by Gasteiger charge is -2.30. The molecule has 1 aliphatic heterocycles. The van der Waals surface area contributed by atoms with E-state index >= 15 is 0 Å². The van der Waals surface area contributed by atoms with Gasteiger partial charge in [-0.2, -0.15) is 0 Å². The van der Waals surface area contributed by atoms with E-state index in [9.17, 15) is 14.0 Å². The number of rotatable bonds is 5. The summed E-state index contributed by atoms with van der Waals surface area (Å²) in [5, 5.41) is 11.9. The average Bonchev–Trinajstić information content (AvgIpc) is 2.69. The van der Waals surface area contributed by atoms with Gasteiger partial charge in [-0.05, 0) is 54.8 Å². The Hall–Kier alpha value is -2.54. The smallest absolute Gasteiger partial charge is 0.317 e. The van der Waals surface area contributed by atoms with Crippen LogP contribution in [-0.2, 0) is 11.3 Å². The number of aliphatic carboxylic acids is 1. The topological polar surface area (TPSA) is 69.6 Å². The Bertz CT molecular complexity index is 788. The van der Waals surface area contributed by atoms with Crippen molar-refractivity contribution in [3.8, 4) is 0 Å². The van der Waals surface area contributed by atoms with Gasteiger partial charge in [0.05, 0.1) is 5.92 Å². The highest BCUT2D eigenvalue weighted by atomic mass is 32.2. The number of piperidine rings is 1. The predicted octanol–water partition coefficient (Wildman–Crippen LogP) is 3.98. The number of urea groups is 1. The summed E-state index contributed by atoms with van der Waals surface area (Å²) in [6.45, 7) is 1.35. The number of carbonyl (C=O) groups excluding carboxylic acids is 1. The maximum atomic E-state index is 12.9. The zero-order valence-electron chi connectivity index (χ0n) is 14.7. The number of hydrogen-bond donors (Lipinski definition) is 2. The summed E-state index contributed by atoms with van der Waals surface area (Å²) in [7, 11) is 0. The molecule has 2 amide bonds. The minimum atomic E-state index is -0.784. The third-order valence-corrected chi connectivity index (χ3v) is 5.56. The van der Waals surface area contributed by atoms with Crippen LogP contribution >= 0.6 is 11.8 Å². The van der Waals surface area contributed by atoms with Gasteiger partial charge in [0.2, 0.25) is 0 Å². The van der Waals surface area contributed by atoms with Crippen LogP contribution in [0.4, 0.5) is 9.18 Å². The standard InChI is InChI=1S/C20H21FN2O3S/c21-16-3-7-18(8-4-16)27-17-5-1-14(2-6-17)13-22-20(26)23-11-9-15(10-12-23)19(24)25/h1-8,15H,9-13H2,(H,22,26)(H,24,25). The van der Waals surface area contributed by atoms with E-state index in [1.807, 2.05) is 24.3 Å². The van der Waals surface area contributed by atoms with Crippen LogP contribution in [0.2, 0.25) is 0 Å². The molecule has 1 heterocycles. The van der Waals surface area contributed by atoms with E-state index in [0.29, 0.717) is 32.5 Å². The second kappa shape index (κ2) is 8.90. The molecule has 7 heteroatoms. The van der Waals surface area contributed by atoms with Crippen molar-refractivity contribution >= 4 is 23.8 Å². The molecule has 0 atom stereocenters. The lowest BCUT2D eigenvalue weighted by atomic mass is 9.97. The molecule has 0 radical (unpaired) electrons. The first-order chi connectivity index (χ1) is 13.0. The lowest BCUT2D eigenvalue weighted by molar-refractivity contribution is -0.143. The minimum absolute atomic E-state index is 0.163. The molecular formula is C20H21FN2O3S. The Morgan fingerprint density at radius 2 is 1.59 bits per heavy atom. The van der Waals surface area contributed by atoms with Crippen LogP contribution < -0.4 is 5.32 Å². The maximum Gasteiger partial charge on any atom is 0.317 e. The monoisotopic (exact) mass is 388 g/mol. The summed E-state index contributed by atoms with van der Waals surface area (Å²) in [6.07, 6.45) is 0.996. The van der Waals surface area contributed by atoms with E-state index in [1.54, 1.807) is 28.8 Å². The summed E-state index contributed by atoms with van der Waals surface area (Å²) in [4.78, 5) is 26.8. The number of halogens is 1. The normalized spacial score (nSPS) is 14.8. The summed E-state index contributed by atoms with van der Waals surface area (Å²) < 4.78 is 12.9. The molecule has 142 valence electrons. The molecule has 0 saturated carbocycles. The fourth-order valence-electron chi connectivity index (χ4n) is 2.93. The molecule has 27 heavy (non-hydrogen) atoms. The SMILES string of the molecule is O=C(O)C1CCN(C(=O)NCc2ccc(Sc3ccc(F)cc3)cc2)CC1. The molecule has 1 fully saturated rings. The van der Waals surface area contributed by atoms with Gasteiger partial charge in [-0.1, -0.05) is 23.9 Å². The highest BCUT2D eigenvalue weighted by Crippen LogP contribution is 2.27. The quantitative estimate of drug-likeness (QED) is 0.813. The Kier molecular flexibility index (Phi) is 6.34. The van der Waals surface area contributed by atoms with Crippen molar-refractivity contribution in [2.75, 3.05) is 13.1 Å². The number of nitrogens with zero attached hydrogens (tertiary/aromatic N) is 1. The summed E-state index contributed by atoms with van der Waals surface area (Å²) in [6, 6.07) is 14.0. The van der Waals surface area contributed by atoms with Crippen LogP contribution in [0.15, 0.2) is 58.3 Å². The molecule has 0 unspecified atom stereocenters. The number of carbonyl (C=O) groups is 2. The molecular weight excluding hydrogens is 367 g/mol. The Balaban J connectivity index is 1.46. The van der Waals surface area contributed by atoms with Crippen molar-refractivity contribution in [3.05, 3.63) is 59.9 Å². The van der Waals surface area contributed by atoms with E-state index < -0.39 is 5.97 Å². The van der Waals surface area contributed by atoms with Crippen LogP contribution in [0.5, 0.6) is 0 Å². The number of amides is 2. The van der Waals surface area contributed by atoms with Gasteiger partial charge in [0.1, 0.15) is 5.82 Å². The third-order valence-electron chi connectivity index (χ3n) is 4.55. The fourth-order valence-corrected chi connectivity index (χ4v) is 3.75. The van der Waals surface area contributed by atoms with Gasteiger partial charge in [-0.25, -0.2) is 9.18 Å². The van der Waals surface area contributed by atoms with Crippen LogP contribution in [0, 0.1) is 11.7 Å². The summed E-state index contributed by atoms with van der Waals surface area (Å²) in [5.41, 5.74) is 0.979. The van der Waals surface area contributed by atoms with Crippen molar-refractivity contribution in [3.63, 3.8) is 0 Å². The van der Waals surface area contributed by atoms with E-state index in [0.717, 1.165) is 15.4 Å². The lowest BCUT2D eigenvalue weighted by Crippen LogP contribution is -2.45. The first kappa shape index (κ1) is 19.2. The zero-order chi connectivity index (χ0) is 19.2. The molecule has 5 nitrogen and oxygen atoms in total. The second-order valence-corrected chi connectivity index (χ2v) is 7.61. The summed E-state index contributed by atoms with van der Waals surface area (Å²) >= 11 is 1.54. The van der Waals surface area contributed by atoms with E-state index in [2.05, 4.69) is 5.32 Å². The first-order valence-electron chi connectivity index (χ1n) is 8.79. The minimum Gasteiger partial charge on any atom is -0.481 e. The fraction of sp³-hybridized carbons (Fsp3) is 0.300. The summed E-state index contributed by atoms with van der Waals surface area (Å²) in [5.74, 6) is -1.38. The van der Waals surface area contributed by atoms with Crippen molar-refractivity contribution < 1.29 is 19.1 Å². The molecule has 2 aromatic carbocycles. The molecule has 2 aromatic rings. The molecule has 3 rings (SSSR count).